The SMILES string of the molecule is Cc1ccc(C(=O)CC[C@H](O)CCc2ccc(C3CCOCC3=O)cc2)s1. The molecule has 144 valence electrons. The molecule has 1 aromatic heterocycles. The van der Waals surface area contributed by atoms with Crippen molar-refractivity contribution in [3.63, 3.8) is 0 Å². The number of aryl methyl sites for hydroxylation is 2. The second-order valence-electron chi connectivity index (χ2n) is 7.17. The Kier molecular flexibility index (Phi) is 6.94. The number of carbonyl (C=O) groups excluding carboxylic acids is 2. The summed E-state index contributed by atoms with van der Waals surface area (Å²) in [5.74, 6) is 0.206. The van der Waals surface area contributed by atoms with Crippen LogP contribution in [0.3, 0.4) is 0 Å². The van der Waals surface area contributed by atoms with Crippen LogP contribution in [-0.4, -0.2) is 36.0 Å². The van der Waals surface area contributed by atoms with Crippen molar-refractivity contribution in [2.24, 2.45) is 0 Å². The van der Waals surface area contributed by atoms with Crippen LogP contribution in [-0.2, 0) is 16.0 Å². The molecule has 1 aliphatic heterocycles. The highest BCUT2D eigenvalue weighted by Crippen LogP contribution is 2.25. The summed E-state index contributed by atoms with van der Waals surface area (Å²) >= 11 is 1.51. The standard InChI is InChI=1S/C22H26O4S/c1-15-2-11-22(27-15)20(24)10-9-18(23)8-5-16-3-6-17(7-4-16)19-12-13-26-14-21(19)25/h2-4,6-7,11,18-19,23H,5,8-10,12-14H2,1H3/t18-,19?/m1/s1. The van der Waals surface area contributed by atoms with Crippen LogP contribution in [0.4, 0.5) is 0 Å². The van der Waals surface area contributed by atoms with Crippen LogP contribution < -0.4 is 0 Å². The van der Waals surface area contributed by atoms with Crippen molar-refractivity contribution in [3.05, 3.63) is 57.3 Å². The molecule has 2 aromatic rings. The first-order valence-corrected chi connectivity index (χ1v) is 10.3. The van der Waals surface area contributed by atoms with E-state index < -0.39 is 6.10 Å². The largest absolute Gasteiger partial charge is 0.393 e. The van der Waals surface area contributed by atoms with E-state index in [1.807, 2.05) is 43.3 Å². The average molecular weight is 387 g/mol. The molecule has 1 N–H and O–H groups in total. The Morgan fingerprint density at radius 2 is 2.00 bits per heavy atom. The molecule has 1 fully saturated rings. The average Bonchev–Trinajstić information content (AvgIpc) is 3.12. The zero-order valence-corrected chi connectivity index (χ0v) is 16.5. The number of ketones is 2. The number of aliphatic hydroxyl groups excluding tert-OH is 1. The van der Waals surface area contributed by atoms with Gasteiger partial charge < -0.3 is 9.84 Å². The fraction of sp³-hybridized carbons (Fsp3) is 0.455. The number of Topliss-reactive ketones (excluding diaryl/α,β-unsaturated/α-hetero) is 2. The predicted octanol–water partition coefficient (Wildman–Crippen LogP) is 4.09. The van der Waals surface area contributed by atoms with E-state index >= 15 is 0 Å². The topological polar surface area (TPSA) is 63.6 Å². The third-order valence-electron chi connectivity index (χ3n) is 5.05. The number of hydrogen-bond acceptors (Lipinski definition) is 5. The van der Waals surface area contributed by atoms with E-state index in [1.165, 1.54) is 11.3 Å². The van der Waals surface area contributed by atoms with Crippen molar-refractivity contribution in [2.45, 2.75) is 51.0 Å². The Bertz CT molecular complexity index is 778. The molecule has 0 amide bonds. The van der Waals surface area contributed by atoms with Gasteiger partial charge in [0, 0.05) is 23.8 Å². The maximum absolute atomic E-state index is 12.1. The Morgan fingerprint density at radius 3 is 2.67 bits per heavy atom. The number of aliphatic hydroxyl groups is 1. The molecule has 1 aliphatic rings. The molecule has 0 bridgehead atoms. The van der Waals surface area contributed by atoms with E-state index in [9.17, 15) is 14.7 Å². The van der Waals surface area contributed by atoms with Gasteiger partial charge in [0.1, 0.15) is 6.61 Å². The van der Waals surface area contributed by atoms with E-state index in [1.54, 1.807) is 0 Å². The monoisotopic (exact) mass is 386 g/mol. The van der Waals surface area contributed by atoms with Crippen molar-refractivity contribution < 1.29 is 19.4 Å². The zero-order valence-electron chi connectivity index (χ0n) is 15.6. The summed E-state index contributed by atoms with van der Waals surface area (Å²) in [7, 11) is 0. The van der Waals surface area contributed by atoms with Gasteiger partial charge in [-0.25, -0.2) is 0 Å². The van der Waals surface area contributed by atoms with Gasteiger partial charge in [-0.1, -0.05) is 24.3 Å². The van der Waals surface area contributed by atoms with Gasteiger partial charge in [0.15, 0.2) is 11.6 Å². The molecule has 0 spiro atoms. The highest BCUT2D eigenvalue weighted by molar-refractivity contribution is 7.14. The van der Waals surface area contributed by atoms with Gasteiger partial charge in [-0.15, -0.1) is 11.3 Å². The lowest BCUT2D eigenvalue weighted by Crippen LogP contribution is -2.25. The Morgan fingerprint density at radius 1 is 1.22 bits per heavy atom. The molecule has 1 unspecified atom stereocenters. The van der Waals surface area contributed by atoms with Gasteiger partial charge >= 0.3 is 0 Å². The molecule has 5 heteroatoms. The van der Waals surface area contributed by atoms with Crippen LogP contribution in [0, 0.1) is 6.92 Å². The maximum Gasteiger partial charge on any atom is 0.172 e. The van der Waals surface area contributed by atoms with Crippen molar-refractivity contribution in [2.75, 3.05) is 13.2 Å². The number of benzene rings is 1. The van der Waals surface area contributed by atoms with Gasteiger partial charge in [0.25, 0.3) is 0 Å². The van der Waals surface area contributed by atoms with Crippen LogP contribution in [0.2, 0.25) is 0 Å². The third-order valence-corrected chi connectivity index (χ3v) is 6.09. The van der Waals surface area contributed by atoms with Crippen LogP contribution in [0.1, 0.15) is 57.3 Å². The van der Waals surface area contributed by atoms with Crippen LogP contribution in [0.5, 0.6) is 0 Å². The normalized spacial score (nSPS) is 18.4. The van der Waals surface area contributed by atoms with E-state index in [0.29, 0.717) is 25.9 Å². The second-order valence-corrected chi connectivity index (χ2v) is 8.45. The number of thiophene rings is 1. The fourth-order valence-electron chi connectivity index (χ4n) is 3.39. The van der Waals surface area contributed by atoms with E-state index in [2.05, 4.69) is 0 Å². The van der Waals surface area contributed by atoms with E-state index in [0.717, 1.165) is 33.7 Å². The van der Waals surface area contributed by atoms with Crippen molar-refractivity contribution >= 4 is 22.9 Å². The molecule has 2 heterocycles. The van der Waals surface area contributed by atoms with E-state index in [-0.39, 0.29) is 24.1 Å². The Hall–Kier alpha value is -1.82. The molecule has 2 atom stereocenters. The molecule has 4 nitrogen and oxygen atoms in total. The molecule has 1 saturated heterocycles. The number of rotatable bonds is 8. The first kappa shape index (κ1) is 19.9. The second kappa shape index (κ2) is 9.40. The summed E-state index contributed by atoms with van der Waals surface area (Å²) in [5.41, 5.74) is 2.18. The number of ether oxygens (including phenoxy) is 1. The van der Waals surface area contributed by atoms with Crippen molar-refractivity contribution in [1.29, 1.82) is 0 Å². The van der Waals surface area contributed by atoms with E-state index in [4.69, 9.17) is 4.74 Å². The van der Waals surface area contributed by atoms with Gasteiger partial charge in [-0.3, -0.25) is 9.59 Å². The highest BCUT2D eigenvalue weighted by atomic mass is 32.1. The van der Waals surface area contributed by atoms with Crippen LogP contribution >= 0.6 is 11.3 Å². The number of carbonyl (C=O) groups is 2. The summed E-state index contributed by atoms with van der Waals surface area (Å²) in [5, 5.41) is 10.2. The minimum Gasteiger partial charge on any atom is -0.393 e. The summed E-state index contributed by atoms with van der Waals surface area (Å²) in [6.07, 6.45) is 2.53. The number of hydrogen-bond donors (Lipinski definition) is 1. The minimum atomic E-state index is -0.480. The van der Waals surface area contributed by atoms with Gasteiger partial charge in [0.2, 0.25) is 0 Å². The zero-order chi connectivity index (χ0) is 19.2. The molecule has 0 aliphatic carbocycles. The maximum atomic E-state index is 12.1. The van der Waals surface area contributed by atoms with Crippen molar-refractivity contribution in [1.82, 2.24) is 0 Å². The Balaban J connectivity index is 1.44. The van der Waals surface area contributed by atoms with Crippen molar-refractivity contribution in [3.8, 4) is 0 Å². The lowest BCUT2D eigenvalue weighted by molar-refractivity contribution is -0.129. The molecule has 0 radical (unpaired) electrons. The molecular weight excluding hydrogens is 360 g/mol. The summed E-state index contributed by atoms with van der Waals surface area (Å²) in [6.45, 7) is 2.83. The van der Waals surface area contributed by atoms with Gasteiger partial charge in [-0.05, 0) is 55.9 Å². The van der Waals surface area contributed by atoms with Gasteiger partial charge in [0.05, 0.1) is 11.0 Å². The lowest BCUT2D eigenvalue weighted by Gasteiger charge is -2.21. The molecule has 0 saturated carbocycles. The molecule has 1 aromatic carbocycles. The van der Waals surface area contributed by atoms with Crippen LogP contribution in [0.25, 0.3) is 0 Å². The Labute approximate surface area is 164 Å². The third kappa shape index (κ3) is 5.58. The summed E-state index contributed by atoms with van der Waals surface area (Å²) in [6, 6.07) is 11.9. The smallest absolute Gasteiger partial charge is 0.172 e. The predicted molar refractivity (Wildman–Crippen MR) is 107 cm³/mol. The van der Waals surface area contributed by atoms with Crippen LogP contribution in [0.15, 0.2) is 36.4 Å². The molecule has 3 rings (SSSR count). The summed E-state index contributed by atoms with van der Waals surface area (Å²) in [4.78, 5) is 26.0. The lowest BCUT2D eigenvalue weighted by atomic mass is 9.89. The molecule has 27 heavy (non-hydrogen) atoms. The first-order valence-electron chi connectivity index (χ1n) is 9.50. The minimum absolute atomic E-state index is 0.0507. The molecular formula is C22H26O4S. The first-order chi connectivity index (χ1) is 13.0. The van der Waals surface area contributed by atoms with Gasteiger partial charge in [-0.2, -0.15) is 0 Å². The fourth-order valence-corrected chi connectivity index (χ4v) is 4.22. The quantitative estimate of drug-likeness (QED) is 0.694. The summed E-state index contributed by atoms with van der Waals surface area (Å²) < 4.78 is 5.19. The highest BCUT2D eigenvalue weighted by Gasteiger charge is 2.24.